The number of methoxy groups -OCH3 is 1. The van der Waals surface area contributed by atoms with Gasteiger partial charge in [0.1, 0.15) is 12.4 Å². The molecule has 0 unspecified atom stereocenters. The SMILES string of the molecule is COCOC(C)(C)C(F)(F)C(=O)O. The van der Waals surface area contributed by atoms with Gasteiger partial charge in [0.2, 0.25) is 0 Å². The number of rotatable bonds is 5. The number of alkyl halides is 2. The minimum Gasteiger partial charge on any atom is -0.477 e. The fourth-order valence-electron chi connectivity index (χ4n) is 0.554. The highest BCUT2D eigenvalue weighted by molar-refractivity contribution is 5.76. The molecule has 13 heavy (non-hydrogen) atoms. The van der Waals surface area contributed by atoms with Crippen molar-refractivity contribution in [3.8, 4) is 0 Å². The molecule has 0 saturated heterocycles. The summed E-state index contributed by atoms with van der Waals surface area (Å²) in [4.78, 5) is 10.2. The van der Waals surface area contributed by atoms with Crippen LogP contribution in [0.3, 0.4) is 0 Å². The third-order valence-electron chi connectivity index (χ3n) is 1.56. The van der Waals surface area contributed by atoms with E-state index >= 15 is 0 Å². The first-order valence-electron chi connectivity index (χ1n) is 3.50. The van der Waals surface area contributed by atoms with Crippen LogP contribution >= 0.6 is 0 Å². The van der Waals surface area contributed by atoms with E-state index in [2.05, 4.69) is 9.47 Å². The lowest BCUT2D eigenvalue weighted by atomic mass is 10.0. The first kappa shape index (κ1) is 12.2. The van der Waals surface area contributed by atoms with Gasteiger partial charge in [0, 0.05) is 7.11 Å². The molecule has 0 amide bonds. The topological polar surface area (TPSA) is 55.8 Å². The smallest absolute Gasteiger partial charge is 0.377 e. The van der Waals surface area contributed by atoms with Crippen LogP contribution in [0.4, 0.5) is 8.78 Å². The quantitative estimate of drug-likeness (QED) is 0.672. The van der Waals surface area contributed by atoms with E-state index in [9.17, 15) is 13.6 Å². The van der Waals surface area contributed by atoms with Crippen LogP contribution in [0.5, 0.6) is 0 Å². The minimum atomic E-state index is -3.94. The summed E-state index contributed by atoms with van der Waals surface area (Å²) in [5.41, 5.74) is -2.09. The maximum Gasteiger partial charge on any atom is 0.377 e. The molecule has 0 fully saturated rings. The second-order valence-corrected chi connectivity index (χ2v) is 2.94. The average Bonchev–Trinajstić information content (AvgIpc) is 2.00. The van der Waals surface area contributed by atoms with E-state index in [-0.39, 0.29) is 6.79 Å². The van der Waals surface area contributed by atoms with Crippen molar-refractivity contribution in [2.24, 2.45) is 0 Å². The van der Waals surface area contributed by atoms with E-state index in [1.54, 1.807) is 0 Å². The number of carboxylic acid groups (broad SMARTS) is 1. The van der Waals surface area contributed by atoms with Crippen molar-refractivity contribution >= 4 is 5.97 Å². The molecule has 0 aliphatic carbocycles. The lowest BCUT2D eigenvalue weighted by Crippen LogP contribution is -2.51. The molecule has 0 heterocycles. The van der Waals surface area contributed by atoms with Crippen LogP contribution in [0.2, 0.25) is 0 Å². The van der Waals surface area contributed by atoms with Crippen molar-refractivity contribution in [2.45, 2.75) is 25.4 Å². The van der Waals surface area contributed by atoms with Crippen LogP contribution in [0.15, 0.2) is 0 Å². The van der Waals surface area contributed by atoms with Gasteiger partial charge in [0.15, 0.2) is 0 Å². The highest BCUT2D eigenvalue weighted by Gasteiger charge is 2.55. The second kappa shape index (κ2) is 3.97. The highest BCUT2D eigenvalue weighted by Crippen LogP contribution is 2.31. The Morgan fingerprint density at radius 3 is 2.23 bits per heavy atom. The number of halogens is 2. The van der Waals surface area contributed by atoms with E-state index in [1.807, 2.05) is 0 Å². The molecule has 0 aliphatic rings. The van der Waals surface area contributed by atoms with Crippen LogP contribution in [-0.4, -0.2) is 36.5 Å². The third-order valence-corrected chi connectivity index (χ3v) is 1.56. The van der Waals surface area contributed by atoms with Gasteiger partial charge in [0.25, 0.3) is 0 Å². The van der Waals surface area contributed by atoms with E-state index in [4.69, 9.17) is 5.11 Å². The summed E-state index contributed by atoms with van der Waals surface area (Å²) < 4.78 is 34.7. The van der Waals surface area contributed by atoms with Crippen molar-refractivity contribution in [3.63, 3.8) is 0 Å². The van der Waals surface area contributed by atoms with Gasteiger partial charge in [-0.25, -0.2) is 4.79 Å². The molecule has 0 radical (unpaired) electrons. The molecule has 0 atom stereocenters. The molecular formula is C7H12F2O4. The van der Waals surface area contributed by atoms with E-state index in [1.165, 1.54) is 7.11 Å². The molecule has 1 N–H and O–H groups in total. The fraction of sp³-hybridized carbons (Fsp3) is 0.857. The van der Waals surface area contributed by atoms with Crippen LogP contribution < -0.4 is 0 Å². The molecule has 78 valence electrons. The molecule has 0 spiro atoms. The van der Waals surface area contributed by atoms with Gasteiger partial charge < -0.3 is 14.6 Å². The summed E-state index contributed by atoms with van der Waals surface area (Å²) in [7, 11) is 1.26. The van der Waals surface area contributed by atoms with E-state index < -0.39 is 17.5 Å². The van der Waals surface area contributed by atoms with Gasteiger partial charge in [-0.1, -0.05) is 0 Å². The summed E-state index contributed by atoms with van der Waals surface area (Å²) in [6.07, 6.45) is 0. The minimum absolute atomic E-state index is 0.379. The largest absolute Gasteiger partial charge is 0.477 e. The predicted octanol–water partition coefficient (Wildman–Crippen LogP) is 1.11. The van der Waals surface area contributed by atoms with Gasteiger partial charge in [-0.05, 0) is 13.8 Å². The molecule has 0 aromatic rings. The zero-order valence-electron chi connectivity index (χ0n) is 7.63. The lowest BCUT2D eigenvalue weighted by Gasteiger charge is -2.30. The van der Waals surface area contributed by atoms with Crippen molar-refractivity contribution in [1.29, 1.82) is 0 Å². The summed E-state index contributed by atoms with van der Waals surface area (Å²) in [6, 6.07) is 0. The van der Waals surface area contributed by atoms with Crippen molar-refractivity contribution < 1.29 is 28.2 Å². The highest BCUT2D eigenvalue weighted by atomic mass is 19.3. The Hall–Kier alpha value is -0.750. The standard InChI is InChI=1S/C7H12F2O4/c1-6(2,13-4-12-3)7(8,9)5(10)11/h4H2,1-3H3,(H,10,11). The van der Waals surface area contributed by atoms with Crippen LogP contribution in [0, 0.1) is 0 Å². The zero-order valence-corrected chi connectivity index (χ0v) is 7.63. The summed E-state index contributed by atoms with van der Waals surface area (Å²) in [5, 5.41) is 8.21. The number of aliphatic carboxylic acids is 1. The Morgan fingerprint density at radius 1 is 1.46 bits per heavy atom. The van der Waals surface area contributed by atoms with Gasteiger partial charge in [0.05, 0.1) is 0 Å². The van der Waals surface area contributed by atoms with Gasteiger partial charge in [-0.3, -0.25) is 0 Å². The molecule has 0 bridgehead atoms. The Morgan fingerprint density at radius 2 is 1.92 bits per heavy atom. The molecule has 0 aromatic carbocycles. The Kier molecular flexibility index (Phi) is 3.74. The number of hydrogen-bond acceptors (Lipinski definition) is 3. The normalized spacial score (nSPS) is 13.0. The fourth-order valence-corrected chi connectivity index (χ4v) is 0.554. The molecule has 0 aliphatic heterocycles. The zero-order chi connectivity index (χ0) is 10.7. The molecule has 0 aromatic heterocycles. The van der Waals surface area contributed by atoms with Crippen molar-refractivity contribution in [3.05, 3.63) is 0 Å². The van der Waals surface area contributed by atoms with E-state index in [0.717, 1.165) is 13.8 Å². The summed E-state index contributed by atoms with van der Waals surface area (Å²) in [6.45, 7) is 1.59. The molecule has 0 saturated carbocycles. The molecule has 6 heteroatoms. The first-order chi connectivity index (χ1) is 5.75. The summed E-state index contributed by atoms with van der Waals surface area (Å²) in [5.74, 6) is -6.15. The lowest BCUT2D eigenvalue weighted by molar-refractivity contribution is -0.231. The maximum absolute atomic E-state index is 12.9. The van der Waals surface area contributed by atoms with Crippen LogP contribution in [0.25, 0.3) is 0 Å². The average molecular weight is 198 g/mol. The Labute approximate surface area is 74.4 Å². The van der Waals surface area contributed by atoms with Gasteiger partial charge in [-0.15, -0.1) is 0 Å². The molecular weight excluding hydrogens is 186 g/mol. The Balaban J connectivity index is 4.50. The first-order valence-corrected chi connectivity index (χ1v) is 3.50. The Bertz CT molecular complexity index is 191. The van der Waals surface area contributed by atoms with Crippen molar-refractivity contribution in [1.82, 2.24) is 0 Å². The van der Waals surface area contributed by atoms with E-state index in [0.29, 0.717) is 0 Å². The summed E-state index contributed by atoms with van der Waals surface area (Å²) >= 11 is 0. The second-order valence-electron chi connectivity index (χ2n) is 2.94. The molecule has 0 rings (SSSR count). The van der Waals surface area contributed by atoms with Crippen molar-refractivity contribution in [2.75, 3.05) is 13.9 Å². The number of ether oxygens (including phenoxy) is 2. The van der Waals surface area contributed by atoms with Gasteiger partial charge in [-0.2, -0.15) is 8.78 Å². The third kappa shape index (κ3) is 2.60. The number of carbonyl (C=O) groups is 1. The number of hydrogen-bond donors (Lipinski definition) is 1. The maximum atomic E-state index is 12.9. The monoisotopic (exact) mass is 198 g/mol. The van der Waals surface area contributed by atoms with Gasteiger partial charge >= 0.3 is 11.9 Å². The number of carboxylic acids is 1. The van der Waals surface area contributed by atoms with Crippen LogP contribution in [0.1, 0.15) is 13.8 Å². The van der Waals surface area contributed by atoms with Crippen LogP contribution in [-0.2, 0) is 14.3 Å². The predicted molar refractivity (Wildman–Crippen MR) is 39.6 cm³/mol. The molecule has 4 nitrogen and oxygen atoms in total.